The predicted octanol–water partition coefficient (Wildman–Crippen LogP) is 0.691. The van der Waals surface area contributed by atoms with E-state index in [0.29, 0.717) is 0 Å². The molecule has 0 aliphatic carbocycles. The first-order valence-electron chi connectivity index (χ1n) is 3.58. The number of hydrogen-bond donors (Lipinski definition) is 1. The quantitative estimate of drug-likeness (QED) is 0.552. The third-order valence-electron chi connectivity index (χ3n) is 1.28. The maximum atomic E-state index is 8.59. The Morgan fingerprint density at radius 1 is 1.40 bits per heavy atom. The van der Waals surface area contributed by atoms with Gasteiger partial charge >= 0.3 is 0 Å². The van der Waals surface area contributed by atoms with Crippen molar-refractivity contribution in [3.63, 3.8) is 0 Å². The molecule has 0 atom stereocenters. The average Bonchev–Trinajstić information content (AvgIpc) is 1.90. The van der Waals surface area contributed by atoms with E-state index in [1.807, 2.05) is 6.08 Å². The minimum absolute atomic E-state index is 0.216. The Kier molecular flexibility index (Phi) is 6.55. The van der Waals surface area contributed by atoms with Crippen molar-refractivity contribution in [1.29, 1.82) is 0 Å². The van der Waals surface area contributed by atoms with Gasteiger partial charge in [0.15, 0.2) is 0 Å². The molecule has 0 aliphatic rings. The molecule has 0 aromatic rings. The number of rotatable bonds is 6. The lowest BCUT2D eigenvalue weighted by Crippen LogP contribution is -2.27. The SMILES string of the molecule is [CH2]CCN(CC=C)CCO. The molecule has 0 amide bonds. The van der Waals surface area contributed by atoms with Crippen LogP contribution in [-0.2, 0) is 0 Å². The van der Waals surface area contributed by atoms with E-state index < -0.39 is 0 Å². The molecular formula is C8H16NO. The van der Waals surface area contributed by atoms with Crippen molar-refractivity contribution in [2.45, 2.75) is 6.42 Å². The molecule has 0 aromatic heterocycles. The molecule has 59 valence electrons. The summed E-state index contributed by atoms with van der Waals surface area (Å²) in [7, 11) is 0. The maximum absolute atomic E-state index is 8.59. The zero-order valence-corrected chi connectivity index (χ0v) is 6.42. The molecule has 0 aliphatic heterocycles. The Morgan fingerprint density at radius 2 is 2.10 bits per heavy atom. The van der Waals surface area contributed by atoms with Gasteiger partial charge in [-0.05, 0) is 13.0 Å². The molecule has 0 fully saturated rings. The number of hydrogen-bond acceptors (Lipinski definition) is 2. The predicted molar refractivity (Wildman–Crippen MR) is 43.7 cm³/mol. The second-order valence-corrected chi connectivity index (χ2v) is 2.17. The first kappa shape index (κ1) is 9.66. The van der Waals surface area contributed by atoms with Crippen molar-refractivity contribution >= 4 is 0 Å². The van der Waals surface area contributed by atoms with Crippen LogP contribution in [0.3, 0.4) is 0 Å². The largest absolute Gasteiger partial charge is 0.395 e. The van der Waals surface area contributed by atoms with Crippen LogP contribution in [0.1, 0.15) is 6.42 Å². The summed E-state index contributed by atoms with van der Waals surface area (Å²) in [6, 6.07) is 0. The van der Waals surface area contributed by atoms with Crippen LogP contribution in [0, 0.1) is 6.92 Å². The Bertz CT molecular complexity index is 77.3. The maximum Gasteiger partial charge on any atom is 0.0558 e. The molecular weight excluding hydrogens is 126 g/mol. The zero-order chi connectivity index (χ0) is 7.82. The number of aliphatic hydroxyl groups is 1. The number of aliphatic hydroxyl groups excluding tert-OH is 1. The molecule has 0 saturated carbocycles. The van der Waals surface area contributed by atoms with Crippen LogP contribution < -0.4 is 0 Å². The van der Waals surface area contributed by atoms with Gasteiger partial charge in [-0.1, -0.05) is 13.0 Å². The van der Waals surface area contributed by atoms with E-state index in [2.05, 4.69) is 18.4 Å². The van der Waals surface area contributed by atoms with Crippen LogP contribution in [0.15, 0.2) is 12.7 Å². The summed E-state index contributed by atoms with van der Waals surface area (Å²) in [6.07, 6.45) is 2.72. The Labute approximate surface area is 63.2 Å². The second kappa shape index (κ2) is 6.78. The molecule has 10 heavy (non-hydrogen) atoms. The Balaban J connectivity index is 3.38. The van der Waals surface area contributed by atoms with Gasteiger partial charge in [0.1, 0.15) is 0 Å². The van der Waals surface area contributed by atoms with E-state index in [-0.39, 0.29) is 6.61 Å². The van der Waals surface area contributed by atoms with E-state index in [0.717, 1.165) is 26.1 Å². The van der Waals surface area contributed by atoms with Crippen LogP contribution in [0.2, 0.25) is 0 Å². The van der Waals surface area contributed by atoms with Crippen LogP contribution in [0.4, 0.5) is 0 Å². The Hall–Kier alpha value is -0.340. The zero-order valence-electron chi connectivity index (χ0n) is 6.42. The van der Waals surface area contributed by atoms with Gasteiger partial charge in [0.05, 0.1) is 6.61 Å². The normalized spacial score (nSPS) is 10.3. The van der Waals surface area contributed by atoms with Gasteiger partial charge in [0.25, 0.3) is 0 Å². The van der Waals surface area contributed by atoms with Gasteiger partial charge in [-0.2, -0.15) is 0 Å². The van der Waals surface area contributed by atoms with Crippen molar-refractivity contribution in [1.82, 2.24) is 4.90 Å². The lowest BCUT2D eigenvalue weighted by molar-refractivity contribution is 0.210. The van der Waals surface area contributed by atoms with E-state index in [1.54, 1.807) is 0 Å². The first-order valence-corrected chi connectivity index (χ1v) is 3.58. The molecule has 0 bridgehead atoms. The van der Waals surface area contributed by atoms with Crippen molar-refractivity contribution < 1.29 is 5.11 Å². The highest BCUT2D eigenvalue weighted by Crippen LogP contribution is 1.89. The molecule has 0 rings (SSSR count). The van der Waals surface area contributed by atoms with E-state index in [4.69, 9.17) is 5.11 Å². The highest BCUT2D eigenvalue weighted by molar-refractivity contribution is 4.73. The summed E-state index contributed by atoms with van der Waals surface area (Å²) >= 11 is 0. The summed E-state index contributed by atoms with van der Waals surface area (Å²) in [5, 5.41) is 8.59. The van der Waals surface area contributed by atoms with Crippen molar-refractivity contribution in [3.8, 4) is 0 Å². The third-order valence-corrected chi connectivity index (χ3v) is 1.28. The second-order valence-electron chi connectivity index (χ2n) is 2.17. The summed E-state index contributed by atoms with van der Waals surface area (Å²) in [4.78, 5) is 2.11. The highest BCUT2D eigenvalue weighted by Gasteiger charge is 1.97. The first-order chi connectivity index (χ1) is 4.85. The van der Waals surface area contributed by atoms with E-state index in [1.165, 1.54) is 0 Å². The van der Waals surface area contributed by atoms with Crippen LogP contribution in [0.5, 0.6) is 0 Å². The molecule has 0 spiro atoms. The fraction of sp³-hybridized carbons (Fsp3) is 0.625. The summed E-state index contributed by atoms with van der Waals surface area (Å²) in [5.74, 6) is 0. The van der Waals surface area contributed by atoms with E-state index >= 15 is 0 Å². The van der Waals surface area contributed by atoms with Gasteiger partial charge in [-0.3, -0.25) is 4.90 Å². The van der Waals surface area contributed by atoms with Gasteiger partial charge in [-0.15, -0.1) is 6.58 Å². The molecule has 1 N–H and O–H groups in total. The summed E-state index contributed by atoms with van der Waals surface area (Å²) in [6.45, 7) is 10.1. The average molecular weight is 142 g/mol. The van der Waals surface area contributed by atoms with Crippen molar-refractivity contribution in [2.75, 3.05) is 26.2 Å². The van der Waals surface area contributed by atoms with E-state index in [9.17, 15) is 0 Å². The van der Waals surface area contributed by atoms with Crippen molar-refractivity contribution in [2.24, 2.45) is 0 Å². The van der Waals surface area contributed by atoms with Crippen LogP contribution in [-0.4, -0.2) is 36.2 Å². The van der Waals surface area contributed by atoms with Crippen molar-refractivity contribution in [3.05, 3.63) is 19.6 Å². The smallest absolute Gasteiger partial charge is 0.0558 e. The summed E-state index contributed by atoms with van der Waals surface area (Å²) in [5.41, 5.74) is 0. The molecule has 0 aromatic carbocycles. The molecule has 1 radical (unpaired) electrons. The molecule has 0 heterocycles. The fourth-order valence-corrected chi connectivity index (χ4v) is 0.842. The standard InChI is InChI=1S/C8H16NO/c1-3-5-9(6-4-2)7-8-10/h3,10H,1-2,4-8H2. The monoisotopic (exact) mass is 142 g/mol. The van der Waals surface area contributed by atoms with Gasteiger partial charge < -0.3 is 5.11 Å². The third kappa shape index (κ3) is 4.53. The topological polar surface area (TPSA) is 23.5 Å². The number of nitrogens with zero attached hydrogens (tertiary/aromatic N) is 1. The lowest BCUT2D eigenvalue weighted by Gasteiger charge is -2.17. The summed E-state index contributed by atoms with van der Waals surface area (Å²) < 4.78 is 0. The van der Waals surface area contributed by atoms with Crippen LogP contribution >= 0.6 is 0 Å². The minimum atomic E-state index is 0.216. The lowest BCUT2D eigenvalue weighted by atomic mass is 10.4. The molecule has 0 unspecified atom stereocenters. The van der Waals surface area contributed by atoms with Gasteiger partial charge in [0, 0.05) is 13.1 Å². The molecule has 0 saturated heterocycles. The fourth-order valence-electron chi connectivity index (χ4n) is 0.842. The highest BCUT2D eigenvalue weighted by atomic mass is 16.3. The Morgan fingerprint density at radius 3 is 2.50 bits per heavy atom. The van der Waals surface area contributed by atoms with Gasteiger partial charge in [-0.25, -0.2) is 0 Å². The molecule has 2 heteroatoms. The minimum Gasteiger partial charge on any atom is -0.395 e. The van der Waals surface area contributed by atoms with Gasteiger partial charge in [0.2, 0.25) is 0 Å². The molecule has 2 nitrogen and oxygen atoms in total. The van der Waals surface area contributed by atoms with Crippen LogP contribution in [0.25, 0.3) is 0 Å².